The molecule has 0 spiro atoms. The Bertz CT molecular complexity index is 848. The lowest BCUT2D eigenvalue weighted by Gasteiger charge is -2.32. The molecule has 2 aromatic carbocycles. The molecule has 27 heavy (non-hydrogen) atoms. The number of nitrogens with zero attached hydrogens (tertiary/aromatic N) is 2. The van der Waals surface area contributed by atoms with Crippen molar-refractivity contribution in [3.63, 3.8) is 0 Å². The Kier molecular flexibility index (Phi) is 5.71. The van der Waals surface area contributed by atoms with Gasteiger partial charge in [0.05, 0.1) is 6.61 Å². The van der Waals surface area contributed by atoms with Gasteiger partial charge in [-0.3, -0.25) is 4.90 Å². The summed E-state index contributed by atoms with van der Waals surface area (Å²) in [6.45, 7) is 4.34. The fraction of sp³-hybridized carbons (Fsp3) is 0.333. The van der Waals surface area contributed by atoms with Gasteiger partial charge in [0.15, 0.2) is 0 Å². The molecule has 0 radical (unpaired) electrons. The quantitative estimate of drug-likeness (QED) is 0.705. The topological polar surface area (TPSA) is 28.4 Å². The van der Waals surface area contributed by atoms with Crippen LogP contribution in [0.1, 0.15) is 41.0 Å². The predicted octanol–water partition coefficient (Wildman–Crippen LogP) is 4.41. The van der Waals surface area contributed by atoms with E-state index in [0.717, 1.165) is 31.7 Å². The summed E-state index contributed by atoms with van der Waals surface area (Å²) < 4.78 is 2.27. The number of aliphatic hydroxyl groups excluding tert-OH is 1. The zero-order valence-corrected chi connectivity index (χ0v) is 15.8. The van der Waals surface area contributed by atoms with Gasteiger partial charge in [0.25, 0.3) is 0 Å². The van der Waals surface area contributed by atoms with Crippen LogP contribution >= 0.6 is 0 Å². The van der Waals surface area contributed by atoms with Crippen LogP contribution in [0.4, 0.5) is 0 Å². The minimum Gasteiger partial charge on any atom is -0.392 e. The van der Waals surface area contributed by atoms with Gasteiger partial charge < -0.3 is 9.67 Å². The Hall–Kier alpha value is -2.36. The van der Waals surface area contributed by atoms with E-state index < -0.39 is 0 Å². The highest BCUT2D eigenvalue weighted by Crippen LogP contribution is 2.31. The highest BCUT2D eigenvalue weighted by atomic mass is 16.3. The van der Waals surface area contributed by atoms with Crippen LogP contribution in [0.2, 0.25) is 0 Å². The molecular formula is C24H28N2O. The molecule has 4 rings (SSSR count). The van der Waals surface area contributed by atoms with E-state index in [4.69, 9.17) is 0 Å². The van der Waals surface area contributed by atoms with E-state index in [0.29, 0.717) is 5.92 Å². The van der Waals surface area contributed by atoms with E-state index in [1.54, 1.807) is 0 Å². The summed E-state index contributed by atoms with van der Waals surface area (Å²) in [5.74, 6) is 0.576. The lowest BCUT2D eigenvalue weighted by molar-refractivity contribution is 0.203. The number of benzene rings is 2. The van der Waals surface area contributed by atoms with Crippen LogP contribution in [0.5, 0.6) is 0 Å². The van der Waals surface area contributed by atoms with E-state index in [-0.39, 0.29) is 6.61 Å². The third kappa shape index (κ3) is 4.49. The maximum absolute atomic E-state index is 9.59. The fourth-order valence-corrected chi connectivity index (χ4v) is 4.21. The SMILES string of the molecule is OCc1ccccc1C1CCN(Cc2ccn(Cc3ccccc3)c2)CC1. The average Bonchev–Trinajstić information content (AvgIpc) is 3.16. The summed E-state index contributed by atoms with van der Waals surface area (Å²) in [4.78, 5) is 2.56. The summed E-state index contributed by atoms with van der Waals surface area (Å²) in [6.07, 6.45) is 6.80. The molecule has 0 unspecified atom stereocenters. The zero-order valence-electron chi connectivity index (χ0n) is 15.8. The molecule has 0 atom stereocenters. The van der Waals surface area contributed by atoms with Crippen LogP contribution < -0.4 is 0 Å². The standard InChI is InChI=1S/C24H28N2O/c27-19-23-8-4-5-9-24(23)22-11-14-25(15-12-22)17-21-10-13-26(18-21)16-20-6-2-1-3-7-20/h1-10,13,18,22,27H,11-12,14-17,19H2. The van der Waals surface area contributed by atoms with Crippen molar-refractivity contribution < 1.29 is 5.11 Å². The molecule has 2 heterocycles. The number of aromatic nitrogens is 1. The van der Waals surface area contributed by atoms with Crippen molar-refractivity contribution in [3.8, 4) is 0 Å². The van der Waals surface area contributed by atoms with E-state index in [1.165, 1.54) is 29.5 Å². The van der Waals surface area contributed by atoms with Gasteiger partial charge >= 0.3 is 0 Å². The van der Waals surface area contributed by atoms with Gasteiger partial charge in [-0.2, -0.15) is 0 Å². The van der Waals surface area contributed by atoms with Gasteiger partial charge in [-0.1, -0.05) is 54.6 Å². The number of hydrogen-bond acceptors (Lipinski definition) is 2. The molecule has 1 fully saturated rings. The molecule has 1 saturated heterocycles. The van der Waals surface area contributed by atoms with Crippen molar-refractivity contribution in [2.75, 3.05) is 13.1 Å². The Morgan fingerprint density at radius 3 is 2.33 bits per heavy atom. The first kappa shape index (κ1) is 18.0. The van der Waals surface area contributed by atoms with E-state index in [9.17, 15) is 5.11 Å². The molecule has 3 aromatic rings. The van der Waals surface area contributed by atoms with E-state index >= 15 is 0 Å². The van der Waals surface area contributed by atoms with Crippen LogP contribution in [0, 0.1) is 0 Å². The molecule has 140 valence electrons. The van der Waals surface area contributed by atoms with Crippen LogP contribution in [-0.2, 0) is 19.7 Å². The highest BCUT2D eigenvalue weighted by Gasteiger charge is 2.22. The first-order valence-corrected chi connectivity index (χ1v) is 9.91. The minimum absolute atomic E-state index is 0.144. The Morgan fingerprint density at radius 2 is 1.56 bits per heavy atom. The van der Waals surface area contributed by atoms with Crippen molar-refractivity contribution in [1.82, 2.24) is 9.47 Å². The van der Waals surface area contributed by atoms with Gasteiger partial charge in [-0.05, 0) is 60.2 Å². The van der Waals surface area contributed by atoms with Gasteiger partial charge in [0.2, 0.25) is 0 Å². The Morgan fingerprint density at radius 1 is 0.815 bits per heavy atom. The second kappa shape index (κ2) is 8.55. The van der Waals surface area contributed by atoms with Crippen molar-refractivity contribution in [2.45, 2.75) is 38.5 Å². The monoisotopic (exact) mass is 360 g/mol. The van der Waals surface area contributed by atoms with Crippen molar-refractivity contribution in [1.29, 1.82) is 0 Å². The first-order valence-electron chi connectivity index (χ1n) is 9.91. The summed E-state index contributed by atoms with van der Waals surface area (Å²) in [6, 6.07) is 21.2. The van der Waals surface area contributed by atoms with Crippen LogP contribution in [0.15, 0.2) is 73.1 Å². The van der Waals surface area contributed by atoms with E-state index in [2.05, 4.69) is 76.5 Å². The minimum atomic E-state index is 0.144. The molecule has 1 aromatic heterocycles. The number of aliphatic hydroxyl groups is 1. The average molecular weight is 361 g/mol. The van der Waals surface area contributed by atoms with Gasteiger partial charge in [-0.25, -0.2) is 0 Å². The molecule has 3 nitrogen and oxygen atoms in total. The number of likely N-dealkylation sites (tertiary alicyclic amines) is 1. The lowest BCUT2D eigenvalue weighted by Crippen LogP contribution is -2.32. The third-order valence-electron chi connectivity index (χ3n) is 5.68. The Balaban J connectivity index is 1.32. The molecule has 0 bridgehead atoms. The smallest absolute Gasteiger partial charge is 0.0684 e. The lowest BCUT2D eigenvalue weighted by atomic mass is 9.86. The molecular weight excluding hydrogens is 332 g/mol. The largest absolute Gasteiger partial charge is 0.392 e. The number of rotatable bonds is 6. The second-order valence-electron chi connectivity index (χ2n) is 7.59. The highest BCUT2D eigenvalue weighted by molar-refractivity contribution is 5.30. The van der Waals surface area contributed by atoms with Gasteiger partial charge in [-0.15, -0.1) is 0 Å². The second-order valence-corrected chi connectivity index (χ2v) is 7.59. The fourth-order valence-electron chi connectivity index (χ4n) is 4.21. The number of hydrogen-bond donors (Lipinski definition) is 1. The maximum atomic E-state index is 9.59. The zero-order chi connectivity index (χ0) is 18.5. The van der Waals surface area contributed by atoms with Crippen LogP contribution in [-0.4, -0.2) is 27.7 Å². The van der Waals surface area contributed by atoms with Crippen LogP contribution in [0.3, 0.4) is 0 Å². The molecule has 1 aliphatic rings. The molecule has 0 aliphatic carbocycles. The Labute approximate surface area is 161 Å². The van der Waals surface area contributed by atoms with Crippen molar-refractivity contribution in [3.05, 3.63) is 95.3 Å². The summed E-state index contributed by atoms with van der Waals surface area (Å²) in [5, 5.41) is 9.59. The summed E-state index contributed by atoms with van der Waals surface area (Å²) >= 11 is 0. The predicted molar refractivity (Wildman–Crippen MR) is 110 cm³/mol. The molecule has 0 saturated carbocycles. The normalized spacial score (nSPS) is 15.9. The van der Waals surface area contributed by atoms with Crippen molar-refractivity contribution in [2.24, 2.45) is 0 Å². The summed E-state index contributed by atoms with van der Waals surface area (Å²) in [5.41, 5.74) is 5.16. The van der Waals surface area contributed by atoms with Gasteiger partial charge in [0.1, 0.15) is 0 Å². The third-order valence-corrected chi connectivity index (χ3v) is 5.68. The molecule has 1 N–H and O–H groups in total. The van der Waals surface area contributed by atoms with Crippen LogP contribution in [0.25, 0.3) is 0 Å². The molecule has 0 amide bonds. The summed E-state index contributed by atoms with van der Waals surface area (Å²) in [7, 11) is 0. The molecule has 1 aliphatic heterocycles. The van der Waals surface area contributed by atoms with Crippen molar-refractivity contribution >= 4 is 0 Å². The van der Waals surface area contributed by atoms with E-state index in [1.807, 2.05) is 6.07 Å². The first-order chi connectivity index (χ1) is 13.3. The number of piperidine rings is 1. The molecule has 3 heteroatoms. The maximum Gasteiger partial charge on any atom is 0.0684 e. The van der Waals surface area contributed by atoms with Gasteiger partial charge in [0, 0.05) is 25.5 Å².